The molecule has 0 aliphatic heterocycles. The lowest BCUT2D eigenvalue weighted by molar-refractivity contribution is 0.232. The Morgan fingerprint density at radius 3 is 2.53 bits per heavy atom. The first kappa shape index (κ1) is 14.2. The van der Waals surface area contributed by atoms with Gasteiger partial charge in [0.1, 0.15) is 0 Å². The zero-order valence-electron chi connectivity index (χ0n) is 9.75. The van der Waals surface area contributed by atoms with Crippen LogP contribution in [-0.2, 0) is 0 Å². The number of aliphatic hydroxyl groups is 1. The van der Waals surface area contributed by atoms with Crippen LogP contribution < -0.4 is 10.6 Å². The summed E-state index contributed by atoms with van der Waals surface area (Å²) >= 11 is 0. The Morgan fingerprint density at radius 2 is 1.93 bits per heavy atom. The van der Waals surface area contributed by atoms with Crippen LogP contribution in [0.4, 0.5) is 4.79 Å². The number of hydrogen-bond acceptors (Lipinski definition) is 3. The minimum Gasteiger partial charge on any atom is -0.395 e. The van der Waals surface area contributed by atoms with Crippen molar-refractivity contribution in [3.8, 4) is 0 Å². The van der Waals surface area contributed by atoms with Crippen molar-refractivity contribution in [2.75, 3.05) is 39.8 Å². The number of unbranched alkanes of at least 4 members (excludes halogenated alkanes) is 1. The second-order valence-corrected chi connectivity index (χ2v) is 3.56. The van der Waals surface area contributed by atoms with Crippen molar-refractivity contribution < 1.29 is 9.90 Å². The van der Waals surface area contributed by atoms with Gasteiger partial charge in [0.15, 0.2) is 0 Å². The van der Waals surface area contributed by atoms with Gasteiger partial charge in [0.05, 0.1) is 6.61 Å². The highest BCUT2D eigenvalue weighted by atomic mass is 16.3. The fraction of sp³-hybridized carbons (Fsp3) is 0.900. The zero-order valence-corrected chi connectivity index (χ0v) is 9.75. The Morgan fingerprint density at radius 1 is 1.27 bits per heavy atom. The van der Waals surface area contributed by atoms with Crippen LogP contribution in [0, 0.1) is 0 Å². The summed E-state index contributed by atoms with van der Waals surface area (Å²) in [5.74, 6) is 0. The molecule has 0 atom stereocenters. The molecule has 0 heterocycles. The first-order valence-corrected chi connectivity index (χ1v) is 5.51. The SMILES string of the molecule is CCCCN(C)CCNC(=O)NCCO. The number of amides is 2. The minimum absolute atomic E-state index is 0.0240. The van der Waals surface area contributed by atoms with E-state index in [0.29, 0.717) is 13.1 Å². The molecule has 0 radical (unpaired) electrons. The van der Waals surface area contributed by atoms with Crippen molar-refractivity contribution in [2.45, 2.75) is 19.8 Å². The minimum atomic E-state index is -0.215. The van der Waals surface area contributed by atoms with Crippen molar-refractivity contribution in [1.82, 2.24) is 15.5 Å². The number of urea groups is 1. The first-order chi connectivity index (χ1) is 7.20. The summed E-state index contributed by atoms with van der Waals surface area (Å²) in [5.41, 5.74) is 0. The largest absolute Gasteiger partial charge is 0.395 e. The van der Waals surface area contributed by atoms with Crippen LogP contribution in [0.3, 0.4) is 0 Å². The van der Waals surface area contributed by atoms with Gasteiger partial charge in [-0.05, 0) is 20.0 Å². The van der Waals surface area contributed by atoms with Gasteiger partial charge in [0.2, 0.25) is 0 Å². The maximum atomic E-state index is 11.0. The quantitative estimate of drug-likeness (QED) is 0.536. The van der Waals surface area contributed by atoms with Gasteiger partial charge in [-0.15, -0.1) is 0 Å². The molecule has 0 aromatic rings. The van der Waals surface area contributed by atoms with Crippen molar-refractivity contribution >= 4 is 6.03 Å². The van der Waals surface area contributed by atoms with E-state index in [1.165, 1.54) is 12.8 Å². The summed E-state index contributed by atoms with van der Waals surface area (Å²) < 4.78 is 0. The lowest BCUT2D eigenvalue weighted by Crippen LogP contribution is -2.40. The highest BCUT2D eigenvalue weighted by molar-refractivity contribution is 5.73. The molecule has 0 aromatic heterocycles. The van der Waals surface area contributed by atoms with Gasteiger partial charge in [0, 0.05) is 19.6 Å². The van der Waals surface area contributed by atoms with Crippen LogP contribution in [0.2, 0.25) is 0 Å². The summed E-state index contributed by atoms with van der Waals surface area (Å²) in [6.45, 7) is 5.00. The highest BCUT2D eigenvalue weighted by Crippen LogP contribution is 1.89. The Balaban J connectivity index is 3.31. The average molecular weight is 217 g/mol. The topological polar surface area (TPSA) is 64.6 Å². The number of nitrogens with zero attached hydrogens (tertiary/aromatic N) is 1. The number of carbonyl (C=O) groups excluding carboxylic acids is 1. The van der Waals surface area contributed by atoms with E-state index in [1.807, 2.05) is 7.05 Å². The monoisotopic (exact) mass is 217 g/mol. The van der Waals surface area contributed by atoms with Gasteiger partial charge in [-0.3, -0.25) is 0 Å². The van der Waals surface area contributed by atoms with Crippen molar-refractivity contribution in [2.24, 2.45) is 0 Å². The summed E-state index contributed by atoms with van der Waals surface area (Å²) in [7, 11) is 2.04. The van der Waals surface area contributed by atoms with Crippen LogP contribution in [0.1, 0.15) is 19.8 Å². The zero-order chi connectivity index (χ0) is 11.5. The second kappa shape index (κ2) is 9.73. The van der Waals surface area contributed by atoms with Gasteiger partial charge in [-0.1, -0.05) is 13.3 Å². The number of hydrogen-bond donors (Lipinski definition) is 3. The summed E-state index contributed by atoms with van der Waals surface area (Å²) in [4.78, 5) is 13.2. The molecule has 0 saturated heterocycles. The lowest BCUT2D eigenvalue weighted by atomic mass is 10.3. The van der Waals surface area contributed by atoms with Crippen LogP contribution in [-0.4, -0.2) is 55.9 Å². The maximum absolute atomic E-state index is 11.0. The molecule has 0 aliphatic rings. The number of nitrogens with one attached hydrogen (secondary N) is 2. The molecule has 0 saturated carbocycles. The predicted molar refractivity (Wildman–Crippen MR) is 60.9 cm³/mol. The number of likely N-dealkylation sites (N-methyl/N-ethyl adjacent to an activating group) is 1. The molecule has 2 amide bonds. The number of carbonyl (C=O) groups is 1. The summed E-state index contributed by atoms with van der Waals surface area (Å²) in [6, 6.07) is -0.215. The molecular formula is C10H23N3O2. The molecule has 0 bridgehead atoms. The molecule has 5 nitrogen and oxygen atoms in total. The second-order valence-electron chi connectivity index (χ2n) is 3.56. The van der Waals surface area contributed by atoms with Crippen molar-refractivity contribution in [3.05, 3.63) is 0 Å². The molecule has 15 heavy (non-hydrogen) atoms. The average Bonchev–Trinajstić information content (AvgIpc) is 2.23. The van der Waals surface area contributed by atoms with Crippen LogP contribution in [0.25, 0.3) is 0 Å². The molecular weight excluding hydrogens is 194 g/mol. The van der Waals surface area contributed by atoms with Gasteiger partial charge in [-0.2, -0.15) is 0 Å². The number of rotatable bonds is 8. The van der Waals surface area contributed by atoms with Crippen molar-refractivity contribution in [3.63, 3.8) is 0 Å². The van der Waals surface area contributed by atoms with E-state index < -0.39 is 0 Å². The molecule has 0 unspecified atom stereocenters. The van der Waals surface area contributed by atoms with E-state index in [-0.39, 0.29) is 12.6 Å². The summed E-state index contributed by atoms with van der Waals surface area (Å²) in [6.07, 6.45) is 2.38. The van der Waals surface area contributed by atoms with E-state index in [4.69, 9.17) is 5.11 Å². The molecule has 0 aliphatic carbocycles. The van der Waals surface area contributed by atoms with Gasteiger partial charge in [-0.25, -0.2) is 4.79 Å². The molecule has 5 heteroatoms. The lowest BCUT2D eigenvalue weighted by Gasteiger charge is -2.16. The maximum Gasteiger partial charge on any atom is 0.314 e. The molecule has 90 valence electrons. The Hall–Kier alpha value is -0.810. The molecule has 0 aromatic carbocycles. The van der Waals surface area contributed by atoms with Crippen molar-refractivity contribution in [1.29, 1.82) is 0 Å². The third-order valence-corrected chi connectivity index (χ3v) is 2.07. The molecule has 0 spiro atoms. The molecule has 0 rings (SSSR count). The normalized spacial score (nSPS) is 10.4. The standard InChI is InChI=1S/C10H23N3O2/c1-3-4-7-13(2)8-5-11-10(15)12-6-9-14/h14H,3-9H2,1-2H3,(H2,11,12,15). The van der Waals surface area contributed by atoms with Gasteiger partial charge < -0.3 is 20.6 Å². The highest BCUT2D eigenvalue weighted by Gasteiger charge is 2.00. The first-order valence-electron chi connectivity index (χ1n) is 5.51. The summed E-state index contributed by atoms with van der Waals surface area (Å²) in [5, 5.41) is 13.7. The Kier molecular flexibility index (Phi) is 9.21. The van der Waals surface area contributed by atoms with Gasteiger partial charge >= 0.3 is 6.03 Å². The Labute approximate surface area is 91.8 Å². The molecule has 3 N–H and O–H groups in total. The van der Waals surface area contributed by atoms with Crippen LogP contribution in [0.5, 0.6) is 0 Å². The smallest absolute Gasteiger partial charge is 0.314 e. The predicted octanol–water partition coefficient (Wildman–Crippen LogP) is 0.00980. The third kappa shape index (κ3) is 9.49. The fourth-order valence-corrected chi connectivity index (χ4v) is 1.13. The Bertz CT molecular complexity index is 165. The van der Waals surface area contributed by atoms with E-state index in [1.54, 1.807) is 0 Å². The van der Waals surface area contributed by atoms with E-state index in [9.17, 15) is 4.79 Å². The third-order valence-electron chi connectivity index (χ3n) is 2.07. The van der Waals surface area contributed by atoms with Crippen LogP contribution in [0.15, 0.2) is 0 Å². The van der Waals surface area contributed by atoms with E-state index in [2.05, 4.69) is 22.5 Å². The van der Waals surface area contributed by atoms with Gasteiger partial charge in [0.25, 0.3) is 0 Å². The fourth-order valence-electron chi connectivity index (χ4n) is 1.13. The van der Waals surface area contributed by atoms with E-state index in [0.717, 1.165) is 13.1 Å². The molecule has 0 fully saturated rings. The van der Waals surface area contributed by atoms with Crippen LogP contribution >= 0.6 is 0 Å². The van der Waals surface area contributed by atoms with E-state index >= 15 is 0 Å². The number of aliphatic hydroxyl groups excluding tert-OH is 1.